The molecule has 0 aliphatic carbocycles. The summed E-state index contributed by atoms with van der Waals surface area (Å²) >= 11 is 5.97. The quantitative estimate of drug-likeness (QED) is 0.451. The van der Waals surface area contributed by atoms with E-state index in [1.165, 1.54) is 36.8 Å². The Kier molecular flexibility index (Phi) is 6.25. The highest BCUT2D eigenvalue weighted by Crippen LogP contribution is 2.18. The molecule has 1 heteroatoms. The van der Waals surface area contributed by atoms with Crippen molar-refractivity contribution in [3.8, 4) is 0 Å². The van der Waals surface area contributed by atoms with Gasteiger partial charge in [0.05, 0.1) is 0 Å². The zero-order valence-electron chi connectivity index (χ0n) is 10.1. The normalized spacial score (nSPS) is 10.4. The van der Waals surface area contributed by atoms with Gasteiger partial charge >= 0.3 is 0 Å². The van der Waals surface area contributed by atoms with Crippen molar-refractivity contribution in [3.63, 3.8) is 0 Å². The Morgan fingerprint density at radius 2 is 2.00 bits per heavy atom. The number of aryl methyl sites for hydroxylation is 1. The summed E-state index contributed by atoms with van der Waals surface area (Å²) in [5, 5.41) is 0. The third-order valence-electron chi connectivity index (χ3n) is 2.91. The largest absolute Gasteiger partial charge is 0.122 e. The molecule has 0 saturated heterocycles. The molecule has 0 radical (unpaired) electrons. The zero-order valence-corrected chi connectivity index (χ0v) is 10.9. The van der Waals surface area contributed by atoms with Gasteiger partial charge in [0.15, 0.2) is 0 Å². The average Bonchev–Trinajstić information content (AvgIpc) is 2.34. The number of halogens is 1. The van der Waals surface area contributed by atoms with Crippen LogP contribution in [0.25, 0.3) is 6.08 Å². The molecular weight excluding hydrogens is 216 g/mol. The summed E-state index contributed by atoms with van der Waals surface area (Å²) in [4.78, 5) is 0. The molecule has 0 nitrogen and oxygen atoms in total. The predicted octanol–water partition coefficient (Wildman–Crippen LogP) is 5.19. The van der Waals surface area contributed by atoms with Crippen LogP contribution in [0.1, 0.15) is 49.3 Å². The van der Waals surface area contributed by atoms with Crippen LogP contribution in [0.3, 0.4) is 0 Å². The van der Waals surface area contributed by atoms with Crippen LogP contribution in [0.2, 0.25) is 0 Å². The molecule has 0 atom stereocenters. The van der Waals surface area contributed by atoms with E-state index in [-0.39, 0.29) is 0 Å². The van der Waals surface area contributed by atoms with Crippen molar-refractivity contribution in [2.24, 2.45) is 0 Å². The summed E-state index contributed by atoms with van der Waals surface area (Å²) in [6.45, 7) is 6.02. The molecule has 88 valence electrons. The Hall–Kier alpha value is -0.750. The molecule has 0 aliphatic rings. The van der Waals surface area contributed by atoms with Crippen LogP contribution in [-0.2, 0) is 12.3 Å². The lowest BCUT2D eigenvalue weighted by molar-refractivity contribution is 0.665. The van der Waals surface area contributed by atoms with Gasteiger partial charge in [0, 0.05) is 5.88 Å². The first-order valence-electron chi connectivity index (χ1n) is 6.12. The third kappa shape index (κ3) is 4.02. The van der Waals surface area contributed by atoms with Crippen LogP contribution < -0.4 is 0 Å². The smallest absolute Gasteiger partial charge is 0.0477 e. The maximum atomic E-state index is 5.97. The van der Waals surface area contributed by atoms with E-state index in [0.29, 0.717) is 5.88 Å². The molecule has 0 fully saturated rings. The minimum atomic E-state index is 0.602. The van der Waals surface area contributed by atoms with Crippen molar-refractivity contribution in [2.75, 3.05) is 0 Å². The fourth-order valence-electron chi connectivity index (χ4n) is 1.88. The molecule has 16 heavy (non-hydrogen) atoms. The van der Waals surface area contributed by atoms with Gasteiger partial charge in [-0.15, -0.1) is 11.6 Å². The Morgan fingerprint density at radius 1 is 1.19 bits per heavy atom. The molecule has 0 amide bonds. The van der Waals surface area contributed by atoms with Crippen molar-refractivity contribution in [2.45, 2.75) is 44.9 Å². The number of unbranched alkanes of at least 4 members (excludes halogenated alkanes) is 3. The van der Waals surface area contributed by atoms with E-state index in [1.807, 2.05) is 6.08 Å². The second-order valence-electron chi connectivity index (χ2n) is 4.18. The van der Waals surface area contributed by atoms with E-state index in [4.69, 9.17) is 11.6 Å². The second kappa shape index (κ2) is 7.51. The monoisotopic (exact) mass is 236 g/mol. The number of hydrogen-bond acceptors (Lipinski definition) is 0. The summed E-state index contributed by atoms with van der Waals surface area (Å²) in [6, 6.07) is 6.47. The second-order valence-corrected chi connectivity index (χ2v) is 4.44. The van der Waals surface area contributed by atoms with Gasteiger partial charge in [-0.2, -0.15) is 0 Å². The van der Waals surface area contributed by atoms with Gasteiger partial charge in [0.2, 0.25) is 0 Å². The molecule has 1 aromatic rings. The van der Waals surface area contributed by atoms with E-state index >= 15 is 0 Å². The minimum Gasteiger partial charge on any atom is -0.122 e. The van der Waals surface area contributed by atoms with Gasteiger partial charge in [-0.05, 0) is 29.5 Å². The Morgan fingerprint density at radius 3 is 2.62 bits per heavy atom. The van der Waals surface area contributed by atoms with Crippen LogP contribution in [0.4, 0.5) is 0 Å². The summed E-state index contributed by atoms with van der Waals surface area (Å²) < 4.78 is 0. The first kappa shape index (κ1) is 13.3. The van der Waals surface area contributed by atoms with Crippen molar-refractivity contribution < 1.29 is 0 Å². The summed E-state index contributed by atoms with van der Waals surface area (Å²) in [7, 11) is 0. The fourth-order valence-corrected chi connectivity index (χ4v) is 2.13. The highest BCUT2D eigenvalue weighted by molar-refractivity contribution is 6.17. The van der Waals surface area contributed by atoms with E-state index in [0.717, 1.165) is 12.0 Å². The third-order valence-corrected chi connectivity index (χ3v) is 3.20. The number of rotatable bonds is 7. The minimum absolute atomic E-state index is 0.602. The average molecular weight is 237 g/mol. The standard InChI is InChI=1S/C15H21Cl/c1-3-5-6-7-8-14-10-9-13(4-2)11-15(14)12-16/h4,9-11H,2-3,5-8,12H2,1H3. The van der Waals surface area contributed by atoms with Gasteiger partial charge in [-0.1, -0.05) is 57.0 Å². The Labute approximate surface area is 104 Å². The van der Waals surface area contributed by atoms with Gasteiger partial charge in [0.25, 0.3) is 0 Å². The van der Waals surface area contributed by atoms with Crippen LogP contribution in [-0.4, -0.2) is 0 Å². The molecule has 0 heterocycles. The highest BCUT2D eigenvalue weighted by Gasteiger charge is 2.02. The molecule has 0 aromatic heterocycles. The van der Waals surface area contributed by atoms with Crippen molar-refractivity contribution in [1.29, 1.82) is 0 Å². The SMILES string of the molecule is C=Cc1ccc(CCCCCC)c(CCl)c1. The lowest BCUT2D eigenvalue weighted by Crippen LogP contribution is -1.93. The molecule has 0 unspecified atom stereocenters. The van der Waals surface area contributed by atoms with Crippen molar-refractivity contribution in [1.82, 2.24) is 0 Å². The molecule has 0 saturated carbocycles. The molecule has 0 spiro atoms. The fraction of sp³-hybridized carbons (Fsp3) is 0.467. The van der Waals surface area contributed by atoms with Crippen LogP contribution in [0.5, 0.6) is 0 Å². The summed E-state index contributed by atoms with van der Waals surface area (Å²) in [5.41, 5.74) is 3.82. The number of benzene rings is 1. The van der Waals surface area contributed by atoms with Crippen LogP contribution in [0, 0.1) is 0 Å². The van der Waals surface area contributed by atoms with Gasteiger partial charge in [-0.3, -0.25) is 0 Å². The summed E-state index contributed by atoms with van der Waals surface area (Å²) in [5.74, 6) is 0.602. The van der Waals surface area contributed by atoms with Crippen LogP contribution in [0.15, 0.2) is 24.8 Å². The predicted molar refractivity (Wildman–Crippen MR) is 73.9 cm³/mol. The Balaban J connectivity index is 2.61. The number of hydrogen-bond donors (Lipinski definition) is 0. The molecule has 1 aromatic carbocycles. The van der Waals surface area contributed by atoms with Gasteiger partial charge < -0.3 is 0 Å². The lowest BCUT2D eigenvalue weighted by Gasteiger charge is -2.08. The van der Waals surface area contributed by atoms with E-state index in [2.05, 4.69) is 31.7 Å². The van der Waals surface area contributed by atoms with Gasteiger partial charge in [0.1, 0.15) is 0 Å². The maximum absolute atomic E-state index is 5.97. The van der Waals surface area contributed by atoms with E-state index in [1.54, 1.807) is 0 Å². The first-order valence-corrected chi connectivity index (χ1v) is 6.65. The molecule has 0 bridgehead atoms. The first-order chi connectivity index (χ1) is 7.81. The van der Waals surface area contributed by atoms with E-state index < -0.39 is 0 Å². The molecular formula is C15H21Cl. The molecule has 0 N–H and O–H groups in total. The molecule has 0 aliphatic heterocycles. The van der Waals surface area contributed by atoms with Crippen LogP contribution >= 0.6 is 11.6 Å². The van der Waals surface area contributed by atoms with Crippen molar-refractivity contribution in [3.05, 3.63) is 41.5 Å². The summed E-state index contributed by atoms with van der Waals surface area (Å²) in [6.07, 6.45) is 8.24. The lowest BCUT2D eigenvalue weighted by atomic mass is 9.99. The maximum Gasteiger partial charge on any atom is 0.0477 e. The Bertz CT molecular complexity index is 328. The van der Waals surface area contributed by atoms with E-state index in [9.17, 15) is 0 Å². The zero-order chi connectivity index (χ0) is 11.8. The number of alkyl halides is 1. The highest BCUT2D eigenvalue weighted by atomic mass is 35.5. The topological polar surface area (TPSA) is 0 Å². The van der Waals surface area contributed by atoms with Crippen molar-refractivity contribution >= 4 is 17.7 Å². The van der Waals surface area contributed by atoms with Gasteiger partial charge in [-0.25, -0.2) is 0 Å². The molecule has 1 rings (SSSR count).